The number of Topliss-reactive ketones (excluding diaryl/α,β-unsaturated/α-hetero) is 1. The maximum Gasteiger partial charge on any atom is 0.206 e. The smallest absolute Gasteiger partial charge is 0.206 e. The molecule has 0 fully saturated rings. The molecule has 0 aliphatic rings. The Balaban J connectivity index is 1.53. The summed E-state index contributed by atoms with van der Waals surface area (Å²) in [5, 5.41) is 30.4. The molecular formula is C15H13N3O4S2. The van der Waals surface area contributed by atoms with Gasteiger partial charge in [0.1, 0.15) is 5.76 Å². The third-order valence-corrected chi connectivity index (χ3v) is 5.04. The zero-order valence-electron chi connectivity index (χ0n) is 12.3. The molecule has 0 amide bonds. The standard InChI is InChI=1S/C15H13N3O4S2/c19-11-4-3-9(6-12(11)20)13(21)8-23-15-18-17-14(24-15)16-7-10-2-1-5-22-10/h1-6,19-20H,7-8H2,(H,16,17). The number of furan rings is 1. The molecule has 3 aromatic rings. The Morgan fingerprint density at radius 2 is 2.12 bits per heavy atom. The second-order valence-electron chi connectivity index (χ2n) is 4.72. The van der Waals surface area contributed by atoms with E-state index >= 15 is 0 Å². The lowest BCUT2D eigenvalue weighted by Crippen LogP contribution is -2.01. The molecule has 3 N–H and O–H groups in total. The van der Waals surface area contributed by atoms with Crippen molar-refractivity contribution in [3.63, 3.8) is 0 Å². The number of carbonyl (C=O) groups is 1. The van der Waals surface area contributed by atoms with Crippen LogP contribution in [-0.4, -0.2) is 31.9 Å². The number of hydrogen-bond donors (Lipinski definition) is 3. The van der Waals surface area contributed by atoms with Gasteiger partial charge in [-0.15, -0.1) is 10.2 Å². The van der Waals surface area contributed by atoms with Crippen LogP contribution in [0, 0.1) is 0 Å². The van der Waals surface area contributed by atoms with Gasteiger partial charge in [0.15, 0.2) is 21.6 Å². The number of aromatic nitrogens is 2. The van der Waals surface area contributed by atoms with Gasteiger partial charge in [0.25, 0.3) is 0 Å². The van der Waals surface area contributed by atoms with Crippen molar-refractivity contribution >= 4 is 34.0 Å². The van der Waals surface area contributed by atoms with E-state index in [2.05, 4.69) is 15.5 Å². The maximum absolute atomic E-state index is 12.1. The van der Waals surface area contributed by atoms with E-state index in [-0.39, 0.29) is 23.0 Å². The van der Waals surface area contributed by atoms with E-state index in [4.69, 9.17) is 4.42 Å². The molecule has 0 aliphatic carbocycles. The Bertz CT molecular complexity index is 833. The summed E-state index contributed by atoms with van der Waals surface area (Å²) in [7, 11) is 0. The largest absolute Gasteiger partial charge is 0.504 e. The average Bonchev–Trinajstić information content (AvgIpc) is 3.24. The first-order chi connectivity index (χ1) is 11.6. The number of carbonyl (C=O) groups excluding carboxylic acids is 1. The molecule has 7 nitrogen and oxygen atoms in total. The summed E-state index contributed by atoms with van der Waals surface area (Å²) >= 11 is 2.61. The highest BCUT2D eigenvalue weighted by Crippen LogP contribution is 2.28. The van der Waals surface area contributed by atoms with Crippen LogP contribution in [0.2, 0.25) is 0 Å². The van der Waals surface area contributed by atoms with E-state index in [0.717, 1.165) is 5.76 Å². The number of anilines is 1. The SMILES string of the molecule is O=C(CSc1nnc(NCc2ccco2)s1)c1ccc(O)c(O)c1. The van der Waals surface area contributed by atoms with Gasteiger partial charge in [-0.05, 0) is 30.3 Å². The molecule has 0 unspecified atom stereocenters. The molecule has 1 aromatic carbocycles. The number of nitrogens with zero attached hydrogens (tertiary/aromatic N) is 2. The molecular weight excluding hydrogens is 350 g/mol. The molecule has 24 heavy (non-hydrogen) atoms. The van der Waals surface area contributed by atoms with E-state index in [9.17, 15) is 15.0 Å². The molecule has 9 heteroatoms. The monoisotopic (exact) mass is 363 g/mol. The molecule has 0 saturated carbocycles. The number of thioether (sulfide) groups is 1. The van der Waals surface area contributed by atoms with Gasteiger partial charge in [0, 0.05) is 5.56 Å². The quantitative estimate of drug-likeness (QED) is 0.334. The van der Waals surface area contributed by atoms with Gasteiger partial charge < -0.3 is 19.9 Å². The minimum atomic E-state index is -0.314. The van der Waals surface area contributed by atoms with E-state index < -0.39 is 0 Å². The highest BCUT2D eigenvalue weighted by atomic mass is 32.2. The van der Waals surface area contributed by atoms with Gasteiger partial charge in [-0.25, -0.2) is 0 Å². The first kappa shape index (κ1) is 16.3. The van der Waals surface area contributed by atoms with Crippen molar-refractivity contribution in [1.82, 2.24) is 10.2 Å². The van der Waals surface area contributed by atoms with Crippen molar-refractivity contribution < 1.29 is 19.4 Å². The summed E-state index contributed by atoms with van der Waals surface area (Å²) in [4.78, 5) is 12.1. The molecule has 0 radical (unpaired) electrons. The van der Waals surface area contributed by atoms with Crippen molar-refractivity contribution in [1.29, 1.82) is 0 Å². The number of hydrogen-bond acceptors (Lipinski definition) is 9. The molecule has 124 valence electrons. The molecule has 3 rings (SSSR count). The first-order valence-corrected chi connectivity index (χ1v) is 8.70. The second-order valence-corrected chi connectivity index (χ2v) is 6.92. The third kappa shape index (κ3) is 4.06. The number of rotatable bonds is 7. The Morgan fingerprint density at radius 3 is 2.88 bits per heavy atom. The number of nitrogens with one attached hydrogen (secondary N) is 1. The lowest BCUT2D eigenvalue weighted by molar-refractivity contribution is 0.102. The van der Waals surface area contributed by atoms with Crippen LogP contribution < -0.4 is 5.32 Å². The Kier molecular flexibility index (Phi) is 5.02. The second kappa shape index (κ2) is 7.37. The van der Waals surface area contributed by atoms with Crippen molar-refractivity contribution in [2.45, 2.75) is 10.9 Å². The summed E-state index contributed by atoms with van der Waals surface area (Å²) < 4.78 is 5.87. The first-order valence-electron chi connectivity index (χ1n) is 6.89. The van der Waals surface area contributed by atoms with Crippen molar-refractivity contribution in [3.05, 3.63) is 47.9 Å². The molecule has 2 heterocycles. The molecule has 0 bridgehead atoms. The van der Waals surface area contributed by atoms with Gasteiger partial charge in [-0.3, -0.25) is 4.79 Å². The summed E-state index contributed by atoms with van der Waals surface area (Å²) in [6.45, 7) is 0.512. The number of benzene rings is 1. The fourth-order valence-electron chi connectivity index (χ4n) is 1.82. The molecule has 2 aromatic heterocycles. The van der Waals surface area contributed by atoms with E-state index in [0.29, 0.717) is 21.6 Å². The fraction of sp³-hybridized carbons (Fsp3) is 0.133. The summed E-state index contributed by atoms with van der Waals surface area (Å²) in [5.74, 6) is 0.218. The highest BCUT2D eigenvalue weighted by Gasteiger charge is 2.12. The average molecular weight is 363 g/mol. The Hall–Kier alpha value is -2.52. The number of aromatic hydroxyl groups is 2. The Morgan fingerprint density at radius 1 is 1.25 bits per heavy atom. The number of phenols is 2. The zero-order valence-corrected chi connectivity index (χ0v) is 13.9. The number of phenolic OH excluding ortho intramolecular Hbond substituents is 2. The van der Waals surface area contributed by atoms with Gasteiger partial charge in [0.2, 0.25) is 5.13 Å². The van der Waals surface area contributed by atoms with E-state index in [1.165, 1.54) is 41.3 Å². The van der Waals surface area contributed by atoms with Crippen LogP contribution in [0.1, 0.15) is 16.1 Å². The summed E-state index contributed by atoms with van der Waals surface area (Å²) in [6.07, 6.45) is 1.60. The van der Waals surface area contributed by atoms with Gasteiger partial charge >= 0.3 is 0 Å². The van der Waals surface area contributed by atoms with Crippen LogP contribution in [0.5, 0.6) is 11.5 Å². The minimum absolute atomic E-state index is 0.164. The van der Waals surface area contributed by atoms with Gasteiger partial charge in [-0.1, -0.05) is 23.1 Å². The van der Waals surface area contributed by atoms with E-state index in [1.807, 2.05) is 12.1 Å². The highest BCUT2D eigenvalue weighted by molar-refractivity contribution is 8.01. The molecule has 0 aliphatic heterocycles. The van der Waals surface area contributed by atoms with Crippen LogP contribution in [-0.2, 0) is 6.54 Å². The normalized spacial score (nSPS) is 10.7. The lowest BCUT2D eigenvalue weighted by Gasteiger charge is -2.01. The fourth-order valence-corrected chi connectivity index (χ4v) is 3.47. The van der Waals surface area contributed by atoms with Crippen molar-refractivity contribution in [2.24, 2.45) is 0 Å². The predicted molar refractivity (Wildman–Crippen MR) is 90.8 cm³/mol. The van der Waals surface area contributed by atoms with Crippen LogP contribution in [0.25, 0.3) is 0 Å². The van der Waals surface area contributed by atoms with Crippen LogP contribution in [0.15, 0.2) is 45.4 Å². The van der Waals surface area contributed by atoms with Crippen molar-refractivity contribution in [3.8, 4) is 11.5 Å². The van der Waals surface area contributed by atoms with Crippen LogP contribution in [0.3, 0.4) is 0 Å². The number of ketones is 1. The topological polar surface area (TPSA) is 108 Å². The van der Waals surface area contributed by atoms with Gasteiger partial charge in [-0.2, -0.15) is 0 Å². The Labute approximate surface area is 145 Å². The van der Waals surface area contributed by atoms with Crippen molar-refractivity contribution in [2.75, 3.05) is 11.1 Å². The third-order valence-electron chi connectivity index (χ3n) is 3.02. The maximum atomic E-state index is 12.1. The zero-order chi connectivity index (χ0) is 16.9. The predicted octanol–water partition coefficient (Wildman–Crippen LogP) is 3.13. The minimum Gasteiger partial charge on any atom is -0.504 e. The lowest BCUT2D eigenvalue weighted by atomic mass is 10.1. The summed E-state index contributed by atoms with van der Waals surface area (Å²) in [6, 6.07) is 7.67. The van der Waals surface area contributed by atoms with Gasteiger partial charge in [0.05, 0.1) is 18.6 Å². The van der Waals surface area contributed by atoms with Crippen LogP contribution >= 0.6 is 23.1 Å². The van der Waals surface area contributed by atoms with Crippen LogP contribution in [0.4, 0.5) is 5.13 Å². The molecule has 0 atom stereocenters. The summed E-state index contributed by atoms with van der Waals surface area (Å²) in [5.41, 5.74) is 0.332. The molecule has 0 spiro atoms. The molecule has 0 saturated heterocycles. The van der Waals surface area contributed by atoms with E-state index in [1.54, 1.807) is 6.26 Å².